The highest BCUT2D eigenvalue weighted by Crippen LogP contribution is 2.25. The van der Waals surface area contributed by atoms with Crippen LogP contribution in [0.5, 0.6) is 0 Å². The summed E-state index contributed by atoms with van der Waals surface area (Å²) in [5, 5.41) is 2.14. The van der Waals surface area contributed by atoms with Crippen molar-refractivity contribution in [2.75, 3.05) is 13.1 Å². The molecule has 0 radical (unpaired) electrons. The molecule has 0 saturated carbocycles. The third-order valence-electron chi connectivity index (χ3n) is 5.52. The molecule has 0 aliphatic carbocycles. The molecule has 0 N–H and O–H groups in total. The lowest BCUT2D eigenvalue weighted by molar-refractivity contribution is -0.138. The third-order valence-corrected chi connectivity index (χ3v) is 6.54. The Kier molecular flexibility index (Phi) is 3.96. The molecule has 1 amide bonds. The number of hydrogen-bond acceptors (Lipinski definition) is 4. The molecule has 2 aromatic rings. The third kappa shape index (κ3) is 2.58. The number of amides is 1. The van der Waals surface area contributed by atoms with E-state index in [9.17, 15) is 4.79 Å². The summed E-state index contributed by atoms with van der Waals surface area (Å²) in [5.74, 6) is 1.34. The van der Waals surface area contributed by atoms with Gasteiger partial charge in [-0.1, -0.05) is 0 Å². The van der Waals surface area contributed by atoms with Crippen LogP contribution in [0.4, 0.5) is 0 Å². The lowest BCUT2D eigenvalue weighted by atomic mass is 10.1. The predicted octanol–water partition coefficient (Wildman–Crippen LogP) is 2.35. The van der Waals surface area contributed by atoms with E-state index in [1.807, 2.05) is 23.2 Å². The smallest absolute Gasteiger partial charge is 0.239 e. The number of hydrogen-bond donors (Lipinski definition) is 0. The summed E-state index contributed by atoms with van der Waals surface area (Å²) in [5.41, 5.74) is 3.68. The van der Waals surface area contributed by atoms with Crippen LogP contribution in [-0.2, 0) is 30.8 Å². The van der Waals surface area contributed by atoms with Gasteiger partial charge in [0.25, 0.3) is 0 Å². The molecular weight excluding hydrogens is 320 g/mol. The van der Waals surface area contributed by atoms with Crippen LogP contribution in [0, 0.1) is 13.8 Å². The van der Waals surface area contributed by atoms with Crippen LogP contribution in [0.25, 0.3) is 0 Å². The van der Waals surface area contributed by atoms with E-state index in [0.717, 1.165) is 50.7 Å². The molecule has 0 bridgehead atoms. The van der Waals surface area contributed by atoms with Crippen LogP contribution in [0.1, 0.15) is 34.6 Å². The Morgan fingerprint density at radius 1 is 1.25 bits per heavy atom. The zero-order chi connectivity index (χ0) is 16.8. The summed E-state index contributed by atoms with van der Waals surface area (Å²) >= 11 is 1.81. The highest BCUT2D eigenvalue weighted by molar-refractivity contribution is 7.10. The molecule has 0 spiro atoms. The van der Waals surface area contributed by atoms with Crippen molar-refractivity contribution >= 4 is 17.2 Å². The van der Waals surface area contributed by atoms with Crippen molar-refractivity contribution in [3.63, 3.8) is 0 Å². The van der Waals surface area contributed by atoms with Crippen molar-refractivity contribution in [3.8, 4) is 0 Å². The maximum atomic E-state index is 13.0. The quantitative estimate of drug-likeness (QED) is 0.840. The number of imidazole rings is 1. The fourth-order valence-electron chi connectivity index (χ4n) is 3.82. The molecule has 24 heavy (non-hydrogen) atoms. The summed E-state index contributed by atoms with van der Waals surface area (Å²) in [4.78, 5) is 23.4. The summed E-state index contributed by atoms with van der Waals surface area (Å²) in [6, 6.07) is 2.07. The Hall–Kier alpha value is -1.66. The number of rotatable bonds is 2. The number of carbonyl (C=O) groups is 1. The van der Waals surface area contributed by atoms with E-state index in [4.69, 9.17) is 0 Å². The van der Waals surface area contributed by atoms with Crippen LogP contribution in [0.2, 0.25) is 0 Å². The lowest BCUT2D eigenvalue weighted by Gasteiger charge is -2.36. The highest BCUT2D eigenvalue weighted by Gasteiger charge is 2.31. The highest BCUT2D eigenvalue weighted by atomic mass is 32.1. The first-order chi connectivity index (χ1) is 11.5. The number of fused-ring (bicyclic) bond motifs is 2. The minimum Gasteiger partial charge on any atom is -0.337 e. The second kappa shape index (κ2) is 6.01. The number of nitrogens with zero attached hydrogens (tertiary/aromatic N) is 4. The minimum absolute atomic E-state index is 0.0868. The van der Waals surface area contributed by atoms with E-state index in [-0.39, 0.29) is 11.9 Å². The molecule has 0 aromatic carbocycles. The maximum Gasteiger partial charge on any atom is 0.239 e. The Bertz CT molecular complexity index is 778. The fourth-order valence-corrected chi connectivity index (χ4v) is 4.71. The summed E-state index contributed by atoms with van der Waals surface area (Å²) in [6.45, 7) is 10.4. The standard InChI is InChI=1S/C18H24N4OS/c1-12-13(2)22-8-7-20(11-17(22)19-12)14(3)18(23)21-6-4-16-15(10-21)5-9-24-16/h5,9,14H,4,6-8,10-11H2,1-3H3/t14-/m1/s1. The van der Waals surface area contributed by atoms with Gasteiger partial charge >= 0.3 is 0 Å². The van der Waals surface area contributed by atoms with E-state index >= 15 is 0 Å². The Morgan fingerprint density at radius 2 is 2.08 bits per heavy atom. The molecular formula is C18H24N4OS. The van der Waals surface area contributed by atoms with Crippen LogP contribution < -0.4 is 0 Å². The second-order valence-electron chi connectivity index (χ2n) is 6.88. The normalized spacial score (nSPS) is 19.0. The van der Waals surface area contributed by atoms with Crippen molar-refractivity contribution < 1.29 is 4.79 Å². The van der Waals surface area contributed by atoms with E-state index in [0.29, 0.717) is 0 Å². The van der Waals surface area contributed by atoms with Gasteiger partial charge < -0.3 is 9.47 Å². The van der Waals surface area contributed by atoms with Gasteiger partial charge in [-0.05, 0) is 44.2 Å². The number of carbonyl (C=O) groups excluding carboxylic acids is 1. The van der Waals surface area contributed by atoms with Gasteiger partial charge in [0, 0.05) is 36.8 Å². The molecule has 128 valence electrons. The average Bonchev–Trinajstić information content (AvgIpc) is 3.17. The van der Waals surface area contributed by atoms with Gasteiger partial charge in [0.1, 0.15) is 5.82 Å². The molecule has 0 saturated heterocycles. The zero-order valence-corrected chi connectivity index (χ0v) is 15.4. The second-order valence-corrected chi connectivity index (χ2v) is 7.88. The molecule has 2 aliphatic heterocycles. The number of aromatic nitrogens is 2. The van der Waals surface area contributed by atoms with Crippen molar-refractivity contribution in [3.05, 3.63) is 39.1 Å². The molecule has 2 aromatic heterocycles. The largest absolute Gasteiger partial charge is 0.337 e. The lowest BCUT2D eigenvalue weighted by Crippen LogP contribution is -2.50. The van der Waals surface area contributed by atoms with Crippen LogP contribution in [0.3, 0.4) is 0 Å². The van der Waals surface area contributed by atoms with Crippen LogP contribution in [0.15, 0.2) is 11.4 Å². The van der Waals surface area contributed by atoms with Gasteiger partial charge in [0.05, 0.1) is 18.3 Å². The van der Waals surface area contributed by atoms with Gasteiger partial charge in [-0.15, -0.1) is 11.3 Å². The van der Waals surface area contributed by atoms with Gasteiger partial charge in [-0.25, -0.2) is 4.98 Å². The summed E-state index contributed by atoms with van der Waals surface area (Å²) in [7, 11) is 0. The maximum absolute atomic E-state index is 13.0. The number of aryl methyl sites for hydroxylation is 1. The van der Waals surface area contributed by atoms with Crippen molar-refractivity contribution in [1.29, 1.82) is 0 Å². The minimum atomic E-state index is -0.0868. The SMILES string of the molecule is Cc1nc2n(c1C)CCN([C@H](C)C(=O)N1CCc3sccc3C1)C2. The van der Waals surface area contributed by atoms with E-state index in [1.54, 1.807) is 0 Å². The first-order valence-electron chi connectivity index (χ1n) is 8.65. The molecule has 5 nitrogen and oxygen atoms in total. The van der Waals surface area contributed by atoms with Gasteiger partial charge in [0.2, 0.25) is 5.91 Å². The average molecular weight is 344 g/mol. The topological polar surface area (TPSA) is 41.4 Å². The number of thiophene rings is 1. The van der Waals surface area contributed by atoms with Gasteiger partial charge in [0.15, 0.2) is 0 Å². The molecule has 4 heterocycles. The van der Waals surface area contributed by atoms with E-state index < -0.39 is 0 Å². The molecule has 4 rings (SSSR count). The molecule has 0 unspecified atom stereocenters. The van der Waals surface area contributed by atoms with Gasteiger partial charge in [-0.3, -0.25) is 9.69 Å². The molecule has 1 atom stereocenters. The van der Waals surface area contributed by atoms with Gasteiger partial charge in [-0.2, -0.15) is 0 Å². The van der Waals surface area contributed by atoms with E-state index in [1.165, 1.54) is 16.1 Å². The van der Waals surface area contributed by atoms with Crippen molar-refractivity contribution in [2.45, 2.75) is 52.9 Å². The van der Waals surface area contributed by atoms with Crippen molar-refractivity contribution in [2.24, 2.45) is 0 Å². The molecule has 2 aliphatic rings. The zero-order valence-electron chi connectivity index (χ0n) is 14.6. The monoisotopic (exact) mass is 344 g/mol. The van der Waals surface area contributed by atoms with Crippen LogP contribution in [-0.4, -0.2) is 44.4 Å². The Morgan fingerprint density at radius 3 is 2.92 bits per heavy atom. The first kappa shape index (κ1) is 15.8. The predicted molar refractivity (Wildman–Crippen MR) is 95.0 cm³/mol. The summed E-state index contributed by atoms with van der Waals surface area (Å²) < 4.78 is 2.29. The Balaban J connectivity index is 1.46. The van der Waals surface area contributed by atoms with E-state index in [2.05, 4.69) is 39.7 Å². The molecule has 0 fully saturated rings. The first-order valence-corrected chi connectivity index (χ1v) is 9.53. The van der Waals surface area contributed by atoms with Crippen LogP contribution >= 0.6 is 11.3 Å². The fraction of sp³-hybridized carbons (Fsp3) is 0.556. The Labute approximate surface area is 146 Å². The van der Waals surface area contributed by atoms with Crippen molar-refractivity contribution in [1.82, 2.24) is 19.4 Å². The summed E-state index contributed by atoms with van der Waals surface area (Å²) in [6.07, 6.45) is 0.994. The molecule has 6 heteroatoms.